The Labute approximate surface area is 215 Å². The molecule has 0 fully saturated rings. The summed E-state index contributed by atoms with van der Waals surface area (Å²) in [5.74, 6) is 0.307. The standard InChI is InChI=1S/C31H38N2O3/c1-6-25(5)32-31(35)28(19-26-12-8-7-9-13-26)33(20-27-14-10-11-22(2)17-27)30(34)21-36-29-18-23(3)15-16-24(29)4/h7-18,25,28H,6,19-21H2,1-5H3,(H,32,35)/t25-,28-/m0/s1. The van der Waals surface area contributed by atoms with Crippen molar-refractivity contribution in [1.29, 1.82) is 0 Å². The topological polar surface area (TPSA) is 58.6 Å². The first-order valence-electron chi connectivity index (χ1n) is 12.7. The van der Waals surface area contributed by atoms with Gasteiger partial charge in [-0.1, -0.05) is 79.2 Å². The van der Waals surface area contributed by atoms with Gasteiger partial charge in [-0.15, -0.1) is 0 Å². The number of hydrogen-bond acceptors (Lipinski definition) is 3. The molecule has 0 aromatic heterocycles. The van der Waals surface area contributed by atoms with Crippen molar-refractivity contribution in [2.24, 2.45) is 0 Å². The van der Waals surface area contributed by atoms with E-state index in [1.165, 1.54) is 0 Å². The fraction of sp³-hybridized carbons (Fsp3) is 0.355. The number of ether oxygens (including phenoxy) is 1. The number of rotatable bonds is 11. The highest BCUT2D eigenvalue weighted by atomic mass is 16.5. The third-order valence-corrected chi connectivity index (χ3v) is 6.40. The summed E-state index contributed by atoms with van der Waals surface area (Å²) in [5.41, 5.74) is 5.11. The van der Waals surface area contributed by atoms with Crippen molar-refractivity contribution >= 4 is 11.8 Å². The van der Waals surface area contributed by atoms with E-state index in [4.69, 9.17) is 4.74 Å². The van der Waals surface area contributed by atoms with Crippen molar-refractivity contribution in [1.82, 2.24) is 10.2 Å². The third kappa shape index (κ3) is 7.70. The fourth-order valence-electron chi connectivity index (χ4n) is 4.09. The van der Waals surface area contributed by atoms with E-state index in [0.717, 1.165) is 34.2 Å². The highest BCUT2D eigenvalue weighted by Gasteiger charge is 2.31. The van der Waals surface area contributed by atoms with Crippen LogP contribution in [0.4, 0.5) is 0 Å². The summed E-state index contributed by atoms with van der Waals surface area (Å²) in [5, 5.41) is 3.10. The zero-order valence-corrected chi connectivity index (χ0v) is 22.1. The van der Waals surface area contributed by atoms with E-state index >= 15 is 0 Å². The van der Waals surface area contributed by atoms with E-state index in [1.54, 1.807) is 4.90 Å². The average Bonchev–Trinajstić information content (AvgIpc) is 2.87. The lowest BCUT2D eigenvalue weighted by Gasteiger charge is -2.32. The van der Waals surface area contributed by atoms with E-state index in [2.05, 4.69) is 11.4 Å². The Hall–Kier alpha value is -3.60. The van der Waals surface area contributed by atoms with Gasteiger partial charge in [0.05, 0.1) is 0 Å². The predicted molar refractivity (Wildman–Crippen MR) is 145 cm³/mol. The van der Waals surface area contributed by atoms with E-state index in [-0.39, 0.29) is 24.5 Å². The van der Waals surface area contributed by atoms with Gasteiger partial charge in [-0.3, -0.25) is 9.59 Å². The zero-order valence-electron chi connectivity index (χ0n) is 22.1. The van der Waals surface area contributed by atoms with Gasteiger partial charge in [0.1, 0.15) is 11.8 Å². The molecule has 5 heteroatoms. The summed E-state index contributed by atoms with van der Waals surface area (Å²) in [6, 6.07) is 23.2. The number of hydrogen-bond donors (Lipinski definition) is 1. The van der Waals surface area contributed by atoms with Gasteiger partial charge < -0.3 is 15.0 Å². The van der Waals surface area contributed by atoms with Crippen molar-refractivity contribution in [2.75, 3.05) is 6.61 Å². The van der Waals surface area contributed by atoms with Gasteiger partial charge in [-0.25, -0.2) is 0 Å². The second-order valence-corrected chi connectivity index (χ2v) is 9.59. The Morgan fingerprint density at radius 2 is 1.58 bits per heavy atom. The molecular weight excluding hydrogens is 448 g/mol. The molecule has 0 unspecified atom stereocenters. The molecule has 2 amide bonds. The maximum atomic E-state index is 13.7. The largest absolute Gasteiger partial charge is 0.483 e. The number of nitrogens with zero attached hydrogens (tertiary/aromatic N) is 1. The lowest BCUT2D eigenvalue weighted by molar-refractivity contribution is -0.143. The minimum atomic E-state index is -0.670. The monoisotopic (exact) mass is 486 g/mol. The molecule has 3 rings (SSSR count). The Morgan fingerprint density at radius 1 is 0.889 bits per heavy atom. The summed E-state index contributed by atoms with van der Waals surface area (Å²) in [7, 11) is 0. The van der Waals surface area contributed by atoms with Gasteiger partial charge in [0.2, 0.25) is 5.91 Å². The molecule has 3 aromatic rings. The van der Waals surface area contributed by atoms with Gasteiger partial charge in [-0.2, -0.15) is 0 Å². The highest BCUT2D eigenvalue weighted by molar-refractivity contribution is 5.88. The van der Waals surface area contributed by atoms with Gasteiger partial charge >= 0.3 is 0 Å². The van der Waals surface area contributed by atoms with Crippen molar-refractivity contribution in [2.45, 2.75) is 66.1 Å². The van der Waals surface area contributed by atoms with Crippen LogP contribution in [0.3, 0.4) is 0 Å². The van der Waals surface area contributed by atoms with Crippen LogP contribution < -0.4 is 10.1 Å². The summed E-state index contributed by atoms with van der Waals surface area (Å²) < 4.78 is 5.98. The molecule has 2 atom stereocenters. The zero-order chi connectivity index (χ0) is 26.1. The quantitative estimate of drug-likeness (QED) is 0.387. The molecule has 0 bridgehead atoms. The van der Waals surface area contributed by atoms with Crippen LogP contribution in [0.2, 0.25) is 0 Å². The molecule has 3 aromatic carbocycles. The molecule has 1 N–H and O–H groups in total. The van der Waals surface area contributed by atoms with Crippen LogP contribution in [0, 0.1) is 20.8 Å². The molecule has 36 heavy (non-hydrogen) atoms. The van der Waals surface area contributed by atoms with Gasteiger partial charge in [0.25, 0.3) is 5.91 Å². The maximum Gasteiger partial charge on any atom is 0.261 e. The lowest BCUT2D eigenvalue weighted by Crippen LogP contribution is -2.53. The Morgan fingerprint density at radius 3 is 2.28 bits per heavy atom. The first-order valence-corrected chi connectivity index (χ1v) is 12.7. The minimum Gasteiger partial charge on any atom is -0.483 e. The summed E-state index contributed by atoms with van der Waals surface area (Å²) in [4.78, 5) is 28.9. The molecular formula is C31H38N2O3. The van der Waals surface area contributed by atoms with E-state index in [9.17, 15) is 9.59 Å². The SMILES string of the molecule is CC[C@H](C)NC(=O)[C@H](Cc1ccccc1)N(Cc1cccc(C)c1)C(=O)COc1cc(C)ccc1C. The summed E-state index contributed by atoms with van der Waals surface area (Å²) in [6.07, 6.45) is 1.23. The first kappa shape index (κ1) is 27.0. The van der Waals surface area contributed by atoms with Crippen molar-refractivity contribution in [3.05, 3.63) is 101 Å². The highest BCUT2D eigenvalue weighted by Crippen LogP contribution is 2.21. The molecule has 0 saturated heterocycles. The molecule has 0 aliphatic carbocycles. The molecule has 0 heterocycles. The number of aryl methyl sites for hydroxylation is 3. The predicted octanol–water partition coefficient (Wildman–Crippen LogP) is 5.55. The number of amides is 2. The van der Waals surface area contributed by atoms with E-state index in [0.29, 0.717) is 18.7 Å². The van der Waals surface area contributed by atoms with Crippen molar-refractivity contribution in [3.8, 4) is 5.75 Å². The molecule has 0 aliphatic rings. The maximum absolute atomic E-state index is 13.7. The molecule has 0 aliphatic heterocycles. The molecule has 5 nitrogen and oxygen atoms in total. The summed E-state index contributed by atoms with van der Waals surface area (Å²) in [6.45, 7) is 10.2. The van der Waals surface area contributed by atoms with Crippen LogP contribution in [0.1, 0.15) is 48.1 Å². The first-order chi connectivity index (χ1) is 17.3. The number of carbonyl (C=O) groups is 2. The summed E-state index contributed by atoms with van der Waals surface area (Å²) >= 11 is 0. The average molecular weight is 487 g/mol. The van der Waals surface area contributed by atoms with Crippen LogP contribution in [-0.4, -0.2) is 35.4 Å². The Balaban J connectivity index is 1.93. The van der Waals surface area contributed by atoms with Crippen LogP contribution in [-0.2, 0) is 22.6 Å². The van der Waals surface area contributed by atoms with Crippen LogP contribution in [0.5, 0.6) is 5.75 Å². The smallest absolute Gasteiger partial charge is 0.261 e. The molecule has 0 saturated carbocycles. The van der Waals surface area contributed by atoms with Crippen LogP contribution >= 0.6 is 0 Å². The van der Waals surface area contributed by atoms with Gasteiger partial charge in [0, 0.05) is 19.0 Å². The Bertz CT molecular complexity index is 1160. The number of nitrogens with one attached hydrogen (secondary N) is 1. The van der Waals surface area contributed by atoms with Crippen molar-refractivity contribution in [3.63, 3.8) is 0 Å². The lowest BCUT2D eigenvalue weighted by atomic mass is 10.0. The normalized spacial score (nSPS) is 12.5. The third-order valence-electron chi connectivity index (χ3n) is 6.40. The fourth-order valence-corrected chi connectivity index (χ4v) is 4.09. The van der Waals surface area contributed by atoms with E-state index in [1.807, 2.05) is 101 Å². The molecule has 0 spiro atoms. The second kappa shape index (κ2) is 12.9. The molecule has 0 radical (unpaired) electrons. The second-order valence-electron chi connectivity index (χ2n) is 9.59. The van der Waals surface area contributed by atoms with Crippen molar-refractivity contribution < 1.29 is 14.3 Å². The van der Waals surface area contributed by atoms with Crippen LogP contribution in [0.15, 0.2) is 72.8 Å². The molecule has 190 valence electrons. The Kier molecular flexibility index (Phi) is 9.69. The van der Waals surface area contributed by atoms with Crippen LogP contribution in [0.25, 0.3) is 0 Å². The van der Waals surface area contributed by atoms with Gasteiger partial charge in [-0.05, 0) is 62.4 Å². The van der Waals surface area contributed by atoms with Gasteiger partial charge in [0.15, 0.2) is 6.61 Å². The minimum absolute atomic E-state index is 0.0119. The number of carbonyl (C=O) groups excluding carboxylic acids is 2. The number of benzene rings is 3. The van der Waals surface area contributed by atoms with E-state index < -0.39 is 6.04 Å².